The summed E-state index contributed by atoms with van der Waals surface area (Å²) < 4.78 is 42.5. The van der Waals surface area contributed by atoms with Gasteiger partial charge in [-0.15, -0.1) is 10.2 Å². The van der Waals surface area contributed by atoms with Crippen molar-refractivity contribution in [3.8, 4) is 0 Å². The molecular weight excluding hydrogens is 421 g/mol. The lowest BCUT2D eigenvalue weighted by molar-refractivity contribution is -0.137. The molecule has 2 aromatic heterocycles. The molecule has 1 fully saturated rings. The van der Waals surface area contributed by atoms with Crippen LogP contribution in [-0.2, 0) is 19.8 Å². The average molecular weight is 442 g/mol. The van der Waals surface area contributed by atoms with E-state index in [0.29, 0.717) is 49.6 Å². The first-order valence-corrected chi connectivity index (χ1v) is 10.3. The zero-order chi connectivity index (χ0) is 22.5. The summed E-state index contributed by atoms with van der Waals surface area (Å²) in [5.41, 5.74) is 0.577. The molecule has 3 heterocycles. The average Bonchev–Trinajstić information content (AvgIpc) is 3.21. The Bertz CT molecular complexity index is 1350. The summed E-state index contributed by atoms with van der Waals surface area (Å²) in [5, 5.41) is 9.15. The number of aryl methyl sites for hydroxylation is 1. The summed E-state index contributed by atoms with van der Waals surface area (Å²) in [5.74, 6) is 1.20. The number of hydrogen-bond donors (Lipinski definition) is 0. The Morgan fingerprint density at radius 3 is 2.47 bits per heavy atom. The third-order valence-electron chi connectivity index (χ3n) is 5.97. The number of piperazine rings is 1. The summed E-state index contributed by atoms with van der Waals surface area (Å²) in [6.07, 6.45) is -4.35. The number of fused-ring (bicyclic) bond motifs is 3. The van der Waals surface area contributed by atoms with Gasteiger partial charge in [0.1, 0.15) is 0 Å². The smallest absolute Gasteiger partial charge is 0.369 e. The SMILES string of the molecule is Cn1c(=O)c2ccccc2n2c(CN3CCN(c4cccc(C(F)(F)F)c4)CC3)nnc12. The Morgan fingerprint density at radius 1 is 0.969 bits per heavy atom. The Labute approximate surface area is 181 Å². The molecule has 2 aromatic carbocycles. The van der Waals surface area contributed by atoms with E-state index in [-0.39, 0.29) is 5.56 Å². The highest BCUT2D eigenvalue weighted by molar-refractivity contribution is 5.80. The van der Waals surface area contributed by atoms with Gasteiger partial charge in [0.05, 0.1) is 23.0 Å². The van der Waals surface area contributed by atoms with Crippen molar-refractivity contribution in [1.29, 1.82) is 0 Å². The molecule has 1 aliphatic heterocycles. The van der Waals surface area contributed by atoms with Crippen LogP contribution in [0, 0.1) is 0 Å². The van der Waals surface area contributed by atoms with Gasteiger partial charge in [0.25, 0.3) is 5.56 Å². The number of alkyl halides is 3. The molecule has 7 nitrogen and oxygen atoms in total. The van der Waals surface area contributed by atoms with E-state index < -0.39 is 11.7 Å². The highest BCUT2D eigenvalue weighted by Gasteiger charge is 2.31. The molecule has 1 aliphatic rings. The minimum Gasteiger partial charge on any atom is -0.369 e. The van der Waals surface area contributed by atoms with E-state index >= 15 is 0 Å². The second-order valence-corrected chi connectivity index (χ2v) is 7.94. The fourth-order valence-corrected chi connectivity index (χ4v) is 4.24. The molecular formula is C22H21F3N6O. The predicted octanol–water partition coefficient (Wildman–Crippen LogP) is 2.92. The van der Waals surface area contributed by atoms with E-state index in [1.165, 1.54) is 16.7 Å². The maximum absolute atomic E-state index is 13.0. The monoisotopic (exact) mass is 442 g/mol. The van der Waals surface area contributed by atoms with E-state index in [4.69, 9.17) is 0 Å². The minimum absolute atomic E-state index is 0.123. The zero-order valence-electron chi connectivity index (χ0n) is 17.4. The molecule has 1 saturated heterocycles. The van der Waals surface area contributed by atoms with Crippen molar-refractivity contribution < 1.29 is 13.2 Å². The van der Waals surface area contributed by atoms with E-state index in [9.17, 15) is 18.0 Å². The fraction of sp³-hybridized carbons (Fsp3) is 0.318. The number of hydrogen-bond acceptors (Lipinski definition) is 5. The largest absolute Gasteiger partial charge is 0.416 e. The number of para-hydroxylation sites is 1. The number of halogens is 3. The van der Waals surface area contributed by atoms with Crippen LogP contribution in [0.5, 0.6) is 0 Å². The molecule has 0 radical (unpaired) electrons. The number of nitrogens with zero attached hydrogens (tertiary/aromatic N) is 6. The van der Waals surface area contributed by atoms with Crippen molar-refractivity contribution >= 4 is 22.4 Å². The van der Waals surface area contributed by atoms with Crippen LogP contribution in [0.4, 0.5) is 18.9 Å². The van der Waals surface area contributed by atoms with Crippen LogP contribution in [-0.4, -0.2) is 50.2 Å². The van der Waals surface area contributed by atoms with Gasteiger partial charge in [-0.1, -0.05) is 18.2 Å². The van der Waals surface area contributed by atoms with Crippen molar-refractivity contribution in [3.63, 3.8) is 0 Å². The summed E-state index contributed by atoms with van der Waals surface area (Å²) in [6, 6.07) is 12.8. The molecule has 0 unspecified atom stereocenters. The predicted molar refractivity (Wildman–Crippen MR) is 115 cm³/mol. The second-order valence-electron chi connectivity index (χ2n) is 7.94. The molecule has 10 heteroatoms. The third kappa shape index (κ3) is 3.50. The molecule has 0 amide bonds. The Balaban J connectivity index is 1.37. The quantitative estimate of drug-likeness (QED) is 0.488. The molecule has 0 aliphatic carbocycles. The summed E-state index contributed by atoms with van der Waals surface area (Å²) in [4.78, 5) is 16.8. The van der Waals surface area contributed by atoms with Crippen molar-refractivity contribution in [2.45, 2.75) is 12.7 Å². The number of anilines is 1. The molecule has 0 N–H and O–H groups in total. The zero-order valence-corrected chi connectivity index (χ0v) is 17.4. The van der Waals surface area contributed by atoms with Crippen LogP contribution in [0.1, 0.15) is 11.4 Å². The minimum atomic E-state index is -4.35. The van der Waals surface area contributed by atoms with Crippen LogP contribution in [0.3, 0.4) is 0 Å². The summed E-state index contributed by atoms with van der Waals surface area (Å²) >= 11 is 0. The van der Waals surface area contributed by atoms with Gasteiger partial charge in [-0.25, -0.2) is 0 Å². The maximum atomic E-state index is 13.0. The number of aromatic nitrogens is 4. The lowest BCUT2D eigenvalue weighted by Gasteiger charge is -2.36. The van der Waals surface area contributed by atoms with Crippen LogP contribution in [0.15, 0.2) is 53.3 Å². The van der Waals surface area contributed by atoms with Crippen molar-refractivity contribution in [1.82, 2.24) is 24.1 Å². The Hall–Kier alpha value is -3.40. The van der Waals surface area contributed by atoms with E-state index in [1.54, 1.807) is 19.2 Å². The van der Waals surface area contributed by atoms with Gasteiger partial charge in [0, 0.05) is 38.9 Å². The summed E-state index contributed by atoms with van der Waals surface area (Å²) in [6.45, 7) is 3.10. The van der Waals surface area contributed by atoms with Gasteiger partial charge in [-0.3, -0.25) is 18.7 Å². The molecule has 4 aromatic rings. The normalized spacial score (nSPS) is 15.7. The van der Waals surface area contributed by atoms with Gasteiger partial charge in [-0.05, 0) is 30.3 Å². The molecule has 32 heavy (non-hydrogen) atoms. The van der Waals surface area contributed by atoms with E-state index in [1.807, 2.05) is 27.5 Å². The molecule has 0 spiro atoms. The summed E-state index contributed by atoms with van der Waals surface area (Å²) in [7, 11) is 1.68. The van der Waals surface area contributed by atoms with Gasteiger partial charge in [-0.2, -0.15) is 13.2 Å². The molecule has 0 saturated carbocycles. The lowest BCUT2D eigenvalue weighted by atomic mass is 10.1. The Morgan fingerprint density at radius 2 is 1.72 bits per heavy atom. The highest BCUT2D eigenvalue weighted by Crippen LogP contribution is 2.32. The number of rotatable bonds is 3. The van der Waals surface area contributed by atoms with Crippen LogP contribution >= 0.6 is 0 Å². The highest BCUT2D eigenvalue weighted by atomic mass is 19.4. The number of benzene rings is 2. The van der Waals surface area contributed by atoms with Crippen LogP contribution in [0.25, 0.3) is 16.7 Å². The first-order valence-electron chi connectivity index (χ1n) is 10.3. The first kappa shape index (κ1) is 20.5. The maximum Gasteiger partial charge on any atom is 0.416 e. The molecule has 0 atom stereocenters. The molecule has 166 valence electrons. The van der Waals surface area contributed by atoms with E-state index in [2.05, 4.69) is 15.1 Å². The van der Waals surface area contributed by atoms with Gasteiger partial charge >= 0.3 is 6.18 Å². The standard InChI is InChI=1S/C22H21F3N6O/c1-28-20(32)17-7-2-3-8-18(17)31-19(26-27-21(28)31)14-29-9-11-30(12-10-29)16-6-4-5-15(13-16)22(23,24)25/h2-8,13H,9-12,14H2,1H3. The third-order valence-corrected chi connectivity index (χ3v) is 5.97. The van der Waals surface area contributed by atoms with Crippen molar-refractivity contribution in [2.75, 3.05) is 31.1 Å². The molecule has 5 rings (SSSR count). The lowest BCUT2D eigenvalue weighted by Crippen LogP contribution is -2.46. The van der Waals surface area contributed by atoms with Gasteiger partial charge in [0.2, 0.25) is 5.78 Å². The molecule has 0 bridgehead atoms. The van der Waals surface area contributed by atoms with Crippen molar-refractivity contribution in [3.05, 3.63) is 70.3 Å². The fourth-order valence-electron chi connectivity index (χ4n) is 4.24. The van der Waals surface area contributed by atoms with Gasteiger partial charge in [0.15, 0.2) is 5.82 Å². The van der Waals surface area contributed by atoms with Crippen LogP contribution < -0.4 is 10.5 Å². The topological polar surface area (TPSA) is 58.7 Å². The second kappa shape index (κ2) is 7.63. The Kier molecular flexibility index (Phi) is 4.89. The van der Waals surface area contributed by atoms with Crippen molar-refractivity contribution in [2.24, 2.45) is 7.05 Å². The van der Waals surface area contributed by atoms with E-state index in [0.717, 1.165) is 17.4 Å². The van der Waals surface area contributed by atoms with Gasteiger partial charge < -0.3 is 4.90 Å². The van der Waals surface area contributed by atoms with Crippen LogP contribution in [0.2, 0.25) is 0 Å². The first-order chi connectivity index (χ1) is 15.3.